The van der Waals surface area contributed by atoms with E-state index in [2.05, 4.69) is 45.9 Å². The molecule has 2 N–H and O–H groups in total. The Kier molecular flexibility index (Phi) is 7.50. The topological polar surface area (TPSA) is 27.3 Å². The lowest BCUT2D eigenvalue weighted by Gasteiger charge is -2.26. The average Bonchev–Trinajstić information content (AvgIpc) is 2.57. The number of benzene rings is 2. The summed E-state index contributed by atoms with van der Waals surface area (Å²) in [7, 11) is 4.09. The first-order chi connectivity index (χ1) is 11.6. The second kappa shape index (κ2) is 9.62. The van der Waals surface area contributed by atoms with Gasteiger partial charge in [0.2, 0.25) is 0 Å². The number of nitrogens with zero attached hydrogens (tertiary/aromatic N) is 1. The number of nitrogens with one attached hydrogen (secondary N) is 2. The van der Waals surface area contributed by atoms with E-state index in [1.807, 2.05) is 38.4 Å². The molecular formula is C19H24ClN3S. The first-order valence-electron chi connectivity index (χ1n) is 8.04. The summed E-state index contributed by atoms with van der Waals surface area (Å²) < 4.78 is 0. The zero-order valence-corrected chi connectivity index (χ0v) is 15.7. The molecule has 0 spiro atoms. The van der Waals surface area contributed by atoms with Crippen LogP contribution in [-0.2, 0) is 6.42 Å². The summed E-state index contributed by atoms with van der Waals surface area (Å²) in [6.45, 7) is 1.52. The maximum absolute atomic E-state index is 6.33. The van der Waals surface area contributed by atoms with Gasteiger partial charge >= 0.3 is 0 Å². The van der Waals surface area contributed by atoms with Crippen molar-refractivity contribution in [2.45, 2.75) is 12.5 Å². The van der Waals surface area contributed by atoms with Gasteiger partial charge in [-0.1, -0.05) is 60.1 Å². The van der Waals surface area contributed by atoms with E-state index in [0.29, 0.717) is 11.7 Å². The van der Waals surface area contributed by atoms with Gasteiger partial charge in [0.25, 0.3) is 0 Å². The van der Waals surface area contributed by atoms with Crippen molar-refractivity contribution in [3.05, 3.63) is 70.7 Å². The van der Waals surface area contributed by atoms with Crippen LogP contribution in [0.15, 0.2) is 54.6 Å². The van der Waals surface area contributed by atoms with Crippen LogP contribution in [-0.4, -0.2) is 37.2 Å². The number of rotatable bonds is 7. The number of likely N-dealkylation sites (N-methyl/N-ethyl adjacent to an activating group) is 1. The van der Waals surface area contributed by atoms with Gasteiger partial charge in [-0.05, 0) is 49.9 Å². The fourth-order valence-corrected chi connectivity index (χ4v) is 2.98. The molecule has 0 saturated heterocycles. The molecule has 2 rings (SSSR count). The highest BCUT2D eigenvalue weighted by Crippen LogP contribution is 2.25. The highest BCUT2D eigenvalue weighted by atomic mass is 35.5. The molecule has 2 aromatic carbocycles. The summed E-state index contributed by atoms with van der Waals surface area (Å²) in [6.07, 6.45) is 0.949. The zero-order valence-electron chi connectivity index (χ0n) is 14.1. The van der Waals surface area contributed by atoms with E-state index in [-0.39, 0.29) is 6.04 Å². The summed E-state index contributed by atoms with van der Waals surface area (Å²) in [5.41, 5.74) is 2.40. The van der Waals surface area contributed by atoms with Crippen LogP contribution in [0.1, 0.15) is 17.2 Å². The minimum Gasteiger partial charge on any atom is -0.362 e. The van der Waals surface area contributed by atoms with Crippen molar-refractivity contribution in [3.63, 3.8) is 0 Å². The predicted octanol–water partition coefficient (Wildman–Crippen LogP) is 3.65. The van der Waals surface area contributed by atoms with Crippen molar-refractivity contribution >= 4 is 28.9 Å². The van der Waals surface area contributed by atoms with Crippen molar-refractivity contribution < 1.29 is 0 Å². The van der Waals surface area contributed by atoms with E-state index in [1.54, 1.807) is 0 Å². The highest BCUT2D eigenvalue weighted by Gasteiger charge is 2.16. The van der Waals surface area contributed by atoms with Crippen LogP contribution >= 0.6 is 23.8 Å². The third-order valence-corrected chi connectivity index (χ3v) is 4.52. The molecule has 0 aliphatic rings. The van der Waals surface area contributed by atoms with Gasteiger partial charge in [-0.25, -0.2) is 0 Å². The minimum absolute atomic E-state index is 0.160. The second-order valence-electron chi connectivity index (χ2n) is 5.87. The van der Waals surface area contributed by atoms with Gasteiger partial charge in [-0.2, -0.15) is 0 Å². The van der Waals surface area contributed by atoms with E-state index in [4.69, 9.17) is 23.8 Å². The molecule has 0 bridgehead atoms. The van der Waals surface area contributed by atoms with Gasteiger partial charge in [0, 0.05) is 18.1 Å². The zero-order chi connectivity index (χ0) is 17.4. The molecule has 0 radical (unpaired) electrons. The molecular weight excluding hydrogens is 338 g/mol. The molecule has 0 aliphatic carbocycles. The standard InChI is InChI=1S/C19H24ClN3S/c1-23(2)18(16-10-6-7-11-17(16)20)14-22-19(24)21-13-12-15-8-4-3-5-9-15/h3-11,18H,12-14H2,1-2H3,(H2,21,22,24)/t18-/m0/s1. The Morgan fingerprint density at radius 1 is 1.04 bits per heavy atom. The molecule has 0 amide bonds. The van der Waals surface area contributed by atoms with Gasteiger partial charge in [0.1, 0.15) is 0 Å². The quantitative estimate of drug-likeness (QED) is 0.736. The first-order valence-corrected chi connectivity index (χ1v) is 8.83. The summed E-state index contributed by atoms with van der Waals surface area (Å²) in [4.78, 5) is 2.14. The Balaban J connectivity index is 1.81. The van der Waals surface area contributed by atoms with Crippen LogP contribution in [0.5, 0.6) is 0 Å². The van der Waals surface area contributed by atoms with Crippen molar-refractivity contribution in [1.29, 1.82) is 0 Å². The van der Waals surface area contributed by atoms with Gasteiger partial charge < -0.3 is 15.5 Å². The van der Waals surface area contributed by atoms with Gasteiger partial charge in [-0.15, -0.1) is 0 Å². The SMILES string of the molecule is CN(C)[C@@H](CNC(=S)NCCc1ccccc1)c1ccccc1Cl. The van der Waals surface area contributed by atoms with E-state index in [0.717, 1.165) is 23.6 Å². The molecule has 0 aliphatic heterocycles. The van der Waals surface area contributed by atoms with Crippen LogP contribution in [0.2, 0.25) is 5.02 Å². The lowest BCUT2D eigenvalue weighted by Crippen LogP contribution is -2.41. The van der Waals surface area contributed by atoms with Crippen LogP contribution in [0.3, 0.4) is 0 Å². The number of hydrogen-bond acceptors (Lipinski definition) is 2. The van der Waals surface area contributed by atoms with E-state index >= 15 is 0 Å². The maximum atomic E-state index is 6.33. The normalized spacial score (nSPS) is 12.0. The molecule has 0 aromatic heterocycles. The molecule has 0 saturated carbocycles. The van der Waals surface area contributed by atoms with Gasteiger partial charge in [0.15, 0.2) is 5.11 Å². The Bertz CT molecular complexity index is 646. The lowest BCUT2D eigenvalue weighted by molar-refractivity contribution is 0.298. The summed E-state index contributed by atoms with van der Waals surface area (Å²) in [6, 6.07) is 18.5. The lowest BCUT2D eigenvalue weighted by atomic mass is 10.1. The van der Waals surface area contributed by atoms with Crippen molar-refractivity contribution in [1.82, 2.24) is 15.5 Å². The first kappa shape index (κ1) is 18.7. The molecule has 3 nitrogen and oxygen atoms in total. The van der Waals surface area contributed by atoms with E-state index in [9.17, 15) is 0 Å². The van der Waals surface area contributed by atoms with Crippen LogP contribution in [0, 0.1) is 0 Å². The fraction of sp³-hybridized carbons (Fsp3) is 0.316. The second-order valence-corrected chi connectivity index (χ2v) is 6.69. The molecule has 0 unspecified atom stereocenters. The smallest absolute Gasteiger partial charge is 0.166 e. The molecule has 1 atom stereocenters. The molecule has 2 aromatic rings. The Labute approximate surface area is 155 Å². The molecule has 5 heteroatoms. The van der Waals surface area contributed by atoms with E-state index < -0.39 is 0 Å². The largest absolute Gasteiger partial charge is 0.362 e. The number of halogens is 1. The average molecular weight is 362 g/mol. The Morgan fingerprint density at radius 3 is 2.38 bits per heavy atom. The van der Waals surface area contributed by atoms with Gasteiger partial charge in [-0.3, -0.25) is 0 Å². The molecule has 0 heterocycles. The van der Waals surface area contributed by atoms with Crippen LogP contribution < -0.4 is 10.6 Å². The summed E-state index contributed by atoms with van der Waals surface area (Å²) in [5.74, 6) is 0. The molecule has 24 heavy (non-hydrogen) atoms. The highest BCUT2D eigenvalue weighted by molar-refractivity contribution is 7.80. The maximum Gasteiger partial charge on any atom is 0.166 e. The summed E-state index contributed by atoms with van der Waals surface area (Å²) in [5, 5.41) is 8.01. The van der Waals surface area contributed by atoms with Crippen LogP contribution in [0.25, 0.3) is 0 Å². The third kappa shape index (κ3) is 5.78. The van der Waals surface area contributed by atoms with Crippen molar-refractivity contribution in [2.75, 3.05) is 27.2 Å². The monoisotopic (exact) mass is 361 g/mol. The fourth-order valence-electron chi connectivity index (χ4n) is 2.53. The molecule has 128 valence electrons. The van der Waals surface area contributed by atoms with Crippen molar-refractivity contribution in [2.24, 2.45) is 0 Å². The van der Waals surface area contributed by atoms with E-state index in [1.165, 1.54) is 5.56 Å². The third-order valence-electron chi connectivity index (χ3n) is 3.89. The minimum atomic E-state index is 0.160. The Morgan fingerprint density at radius 2 is 1.71 bits per heavy atom. The van der Waals surface area contributed by atoms with Gasteiger partial charge in [0.05, 0.1) is 6.04 Å². The molecule has 0 fully saturated rings. The van der Waals surface area contributed by atoms with Crippen molar-refractivity contribution in [3.8, 4) is 0 Å². The number of thiocarbonyl (C=S) groups is 1. The Hall–Kier alpha value is -1.62. The predicted molar refractivity (Wildman–Crippen MR) is 107 cm³/mol. The summed E-state index contributed by atoms with van der Waals surface area (Å²) >= 11 is 11.7. The van der Waals surface area contributed by atoms with Crippen LogP contribution in [0.4, 0.5) is 0 Å². The number of hydrogen-bond donors (Lipinski definition) is 2.